The zero-order valence-corrected chi connectivity index (χ0v) is 12.7. The first-order chi connectivity index (χ1) is 10.1. The maximum absolute atomic E-state index is 12.2. The van der Waals surface area contributed by atoms with Gasteiger partial charge in [0.05, 0.1) is 12.3 Å². The van der Waals surface area contributed by atoms with Crippen molar-refractivity contribution >= 4 is 27.9 Å². The van der Waals surface area contributed by atoms with E-state index < -0.39 is 45.7 Å². The molecule has 3 rings (SSSR count). The van der Waals surface area contributed by atoms with Crippen LogP contribution < -0.4 is 0 Å². The average Bonchev–Trinajstić information content (AvgIpc) is 2.68. The number of β-lactam (4-membered cyclic amide) rings is 1. The first kappa shape index (κ1) is 14.8. The Balaban J connectivity index is 2.04. The highest BCUT2D eigenvalue weighted by Gasteiger charge is 2.65. The van der Waals surface area contributed by atoms with E-state index in [0.29, 0.717) is 6.42 Å². The molecular weight excluding hydrogens is 316 g/mol. The quantitative estimate of drug-likeness (QED) is 0.505. The van der Waals surface area contributed by atoms with Gasteiger partial charge in [-0.15, -0.1) is 0 Å². The lowest BCUT2D eigenvalue weighted by Crippen LogP contribution is -2.73. The fourth-order valence-electron chi connectivity index (χ4n) is 3.47. The van der Waals surface area contributed by atoms with Crippen LogP contribution in [-0.4, -0.2) is 66.0 Å². The molecule has 3 aliphatic heterocycles. The van der Waals surface area contributed by atoms with Crippen molar-refractivity contribution in [1.82, 2.24) is 9.80 Å². The molecule has 2 amide bonds. The summed E-state index contributed by atoms with van der Waals surface area (Å²) < 4.78 is 27.6. The summed E-state index contributed by atoms with van der Waals surface area (Å²) in [7, 11) is -3.92. The number of nitrogens with zero attached hydrogens (tertiary/aromatic N) is 2. The van der Waals surface area contributed by atoms with Gasteiger partial charge in [0.15, 0.2) is 11.5 Å². The molecule has 1 N–H and O–H groups in total. The van der Waals surface area contributed by atoms with E-state index in [1.807, 2.05) is 0 Å². The van der Waals surface area contributed by atoms with Gasteiger partial charge in [0, 0.05) is 19.4 Å². The van der Waals surface area contributed by atoms with Crippen LogP contribution in [0.3, 0.4) is 0 Å². The van der Waals surface area contributed by atoms with Crippen molar-refractivity contribution in [3.8, 4) is 0 Å². The first-order valence-electron chi connectivity index (χ1n) is 6.60. The summed E-state index contributed by atoms with van der Waals surface area (Å²) in [5.74, 6) is -2.95. The van der Waals surface area contributed by atoms with Crippen molar-refractivity contribution in [3.63, 3.8) is 0 Å². The fourth-order valence-corrected chi connectivity index (χ4v) is 3.99. The highest BCUT2D eigenvalue weighted by molar-refractivity contribution is 7.86. The Hall–Kier alpha value is -2.10. The second-order valence-corrected chi connectivity index (χ2v) is 7.13. The highest BCUT2D eigenvalue weighted by Crippen LogP contribution is 2.49. The normalized spacial score (nSPS) is 30.1. The second kappa shape index (κ2) is 4.45. The van der Waals surface area contributed by atoms with Crippen LogP contribution in [0.1, 0.15) is 13.3 Å². The highest BCUT2D eigenvalue weighted by atomic mass is 32.2. The van der Waals surface area contributed by atoms with Crippen LogP contribution in [0, 0.1) is 5.92 Å². The van der Waals surface area contributed by atoms with Crippen LogP contribution in [0.15, 0.2) is 11.5 Å². The molecule has 2 saturated heterocycles. The monoisotopic (exact) mass is 330 g/mol. The van der Waals surface area contributed by atoms with E-state index in [4.69, 9.17) is 4.18 Å². The molecule has 0 bridgehead atoms. The number of carbonyl (C=O) groups is 3. The molecule has 0 radical (unpaired) electrons. The largest absolute Gasteiger partial charge is 0.476 e. The molecule has 0 aliphatic carbocycles. The Morgan fingerprint density at radius 3 is 2.50 bits per heavy atom. The van der Waals surface area contributed by atoms with E-state index in [1.165, 1.54) is 11.8 Å². The molecule has 3 atom stereocenters. The molecule has 10 heteroatoms. The zero-order valence-electron chi connectivity index (χ0n) is 11.8. The summed E-state index contributed by atoms with van der Waals surface area (Å²) in [6.07, 6.45) is 1.16. The number of rotatable bonds is 3. The minimum Gasteiger partial charge on any atom is -0.476 e. The number of likely N-dealkylation sites (tertiary alicyclic amines) is 1. The molecule has 3 heterocycles. The molecule has 2 fully saturated rings. The molecular formula is C12H14N2O7S. The molecule has 120 valence electrons. The number of piperidine rings is 1. The lowest BCUT2D eigenvalue weighted by atomic mass is 9.80. The predicted octanol–water partition coefficient (Wildman–Crippen LogP) is -1.28. The van der Waals surface area contributed by atoms with Gasteiger partial charge < -0.3 is 14.2 Å². The van der Waals surface area contributed by atoms with Crippen LogP contribution >= 0.6 is 0 Å². The number of carbonyl (C=O) groups excluding carboxylic acids is 2. The lowest BCUT2D eigenvalue weighted by molar-refractivity contribution is -0.168. The van der Waals surface area contributed by atoms with Crippen LogP contribution in [-0.2, 0) is 28.7 Å². The first-order valence-corrected chi connectivity index (χ1v) is 8.42. The van der Waals surface area contributed by atoms with Crippen LogP contribution in [0.4, 0.5) is 0 Å². The van der Waals surface area contributed by atoms with Crippen molar-refractivity contribution in [2.24, 2.45) is 5.92 Å². The van der Waals surface area contributed by atoms with E-state index >= 15 is 0 Å². The summed E-state index contributed by atoms with van der Waals surface area (Å²) >= 11 is 0. The molecule has 0 saturated carbocycles. The molecule has 9 nitrogen and oxygen atoms in total. The molecule has 0 aromatic heterocycles. The maximum atomic E-state index is 12.2. The molecule has 0 aromatic rings. The minimum absolute atomic E-state index is 0.209. The number of carboxylic acids is 1. The van der Waals surface area contributed by atoms with Gasteiger partial charge in [-0.1, -0.05) is 0 Å². The third-order valence-corrected chi connectivity index (χ3v) is 4.68. The molecule has 22 heavy (non-hydrogen) atoms. The van der Waals surface area contributed by atoms with Crippen molar-refractivity contribution in [2.75, 3.05) is 12.8 Å². The van der Waals surface area contributed by atoms with Gasteiger partial charge in [0.2, 0.25) is 5.91 Å². The van der Waals surface area contributed by atoms with E-state index in [1.54, 1.807) is 0 Å². The molecule has 0 spiro atoms. The number of hydrogen-bond acceptors (Lipinski definition) is 6. The SMILES string of the molecule is CC(=O)N1CCC2C(OS(C)(=O)=O)=C(C(=O)O)N3C(=O)[C@@H]1[C@@H]23. The van der Waals surface area contributed by atoms with Gasteiger partial charge in [0.1, 0.15) is 6.04 Å². The lowest BCUT2D eigenvalue weighted by Gasteiger charge is -2.52. The number of hydrogen-bond donors (Lipinski definition) is 1. The van der Waals surface area contributed by atoms with Crippen LogP contribution in [0.25, 0.3) is 0 Å². The van der Waals surface area contributed by atoms with E-state index in [0.717, 1.165) is 11.2 Å². The summed E-state index contributed by atoms with van der Waals surface area (Å²) in [6.45, 7) is 1.59. The molecule has 1 unspecified atom stereocenters. The van der Waals surface area contributed by atoms with E-state index in [2.05, 4.69) is 0 Å². The minimum atomic E-state index is -3.92. The Morgan fingerprint density at radius 2 is 2.00 bits per heavy atom. The van der Waals surface area contributed by atoms with Crippen molar-refractivity contribution in [1.29, 1.82) is 0 Å². The Morgan fingerprint density at radius 1 is 1.36 bits per heavy atom. The Bertz CT molecular complexity index is 726. The summed E-state index contributed by atoms with van der Waals surface area (Å²) in [6, 6.07) is -1.31. The van der Waals surface area contributed by atoms with Crippen molar-refractivity contribution in [2.45, 2.75) is 25.4 Å². The number of aliphatic carboxylic acids is 1. The summed E-state index contributed by atoms with van der Waals surface area (Å²) in [5.41, 5.74) is -0.438. The Kier molecular flexibility index (Phi) is 3.00. The fraction of sp³-hybridized carbons (Fsp3) is 0.583. The second-order valence-electron chi connectivity index (χ2n) is 5.56. The topological polar surface area (TPSA) is 121 Å². The number of carboxylic acid groups (broad SMARTS) is 1. The zero-order chi connectivity index (χ0) is 16.4. The molecule has 0 aromatic carbocycles. The number of amides is 2. The average molecular weight is 330 g/mol. The van der Waals surface area contributed by atoms with Crippen LogP contribution in [0.5, 0.6) is 0 Å². The third-order valence-electron chi connectivity index (χ3n) is 4.20. The third kappa shape index (κ3) is 1.90. The maximum Gasteiger partial charge on any atom is 0.356 e. The van der Waals surface area contributed by atoms with Crippen molar-refractivity contribution in [3.05, 3.63) is 11.5 Å². The van der Waals surface area contributed by atoms with Crippen LogP contribution in [0.2, 0.25) is 0 Å². The standard InChI is InChI=1S/C12H14N2O7S/c1-5(15)13-4-3-6-7-8(13)11(16)14(7)9(12(17)18)10(6)21-22(2,19)20/h6-8H,3-4H2,1-2H3,(H,17,18)/t6?,7-,8+/m1/s1. The van der Waals surface area contributed by atoms with Gasteiger partial charge in [-0.3, -0.25) is 14.5 Å². The summed E-state index contributed by atoms with van der Waals surface area (Å²) in [5, 5.41) is 9.31. The van der Waals surface area contributed by atoms with Gasteiger partial charge >= 0.3 is 16.1 Å². The van der Waals surface area contributed by atoms with Crippen molar-refractivity contribution < 1.29 is 32.1 Å². The van der Waals surface area contributed by atoms with Gasteiger partial charge in [0.25, 0.3) is 5.91 Å². The van der Waals surface area contributed by atoms with E-state index in [-0.39, 0.29) is 18.2 Å². The molecule has 3 aliphatic rings. The van der Waals surface area contributed by atoms with Gasteiger partial charge in [-0.2, -0.15) is 8.42 Å². The predicted molar refractivity (Wildman–Crippen MR) is 70.5 cm³/mol. The Labute approximate surface area is 126 Å². The summed E-state index contributed by atoms with van der Waals surface area (Å²) in [4.78, 5) is 37.7. The van der Waals surface area contributed by atoms with E-state index in [9.17, 15) is 27.9 Å². The smallest absolute Gasteiger partial charge is 0.356 e. The van der Waals surface area contributed by atoms with Gasteiger partial charge in [-0.05, 0) is 6.42 Å². The van der Waals surface area contributed by atoms with Gasteiger partial charge in [-0.25, -0.2) is 4.79 Å².